The molecule has 0 spiro atoms. The molecule has 0 unspecified atom stereocenters. The Morgan fingerprint density at radius 1 is 1.21 bits per heavy atom. The summed E-state index contributed by atoms with van der Waals surface area (Å²) < 4.78 is 6.34. The summed E-state index contributed by atoms with van der Waals surface area (Å²) in [6, 6.07) is 11.1. The van der Waals surface area contributed by atoms with Gasteiger partial charge in [-0.05, 0) is 48.9 Å². The lowest BCUT2D eigenvalue weighted by Crippen LogP contribution is -2.36. The molecule has 1 aliphatic rings. The van der Waals surface area contributed by atoms with Crippen molar-refractivity contribution in [1.82, 2.24) is 0 Å². The first-order chi connectivity index (χ1) is 11.5. The summed E-state index contributed by atoms with van der Waals surface area (Å²) in [5.41, 5.74) is 10.1. The monoisotopic (exact) mass is 389 g/mol. The second-order valence-electron chi connectivity index (χ2n) is 5.79. The molecule has 1 fully saturated rings. The SMILES string of the molecule is Cc1cc(N)c(NC(=O)c2ccc(Br)cc2)cc1N1CCOCC1. The van der Waals surface area contributed by atoms with Gasteiger partial charge in [-0.25, -0.2) is 0 Å². The van der Waals surface area contributed by atoms with Crippen LogP contribution in [0, 0.1) is 6.92 Å². The zero-order valence-corrected chi connectivity index (χ0v) is 15.1. The molecule has 2 aromatic rings. The number of ether oxygens (including phenoxy) is 1. The average Bonchev–Trinajstić information content (AvgIpc) is 2.58. The lowest BCUT2D eigenvalue weighted by molar-refractivity contribution is 0.102. The molecule has 0 bridgehead atoms. The molecule has 0 saturated carbocycles. The van der Waals surface area contributed by atoms with Crippen LogP contribution in [0.25, 0.3) is 0 Å². The van der Waals surface area contributed by atoms with Crippen LogP contribution in [0.15, 0.2) is 40.9 Å². The maximum atomic E-state index is 12.4. The van der Waals surface area contributed by atoms with Gasteiger partial charge in [0.05, 0.1) is 24.6 Å². The van der Waals surface area contributed by atoms with Crippen molar-refractivity contribution in [3.8, 4) is 0 Å². The van der Waals surface area contributed by atoms with E-state index in [1.54, 1.807) is 12.1 Å². The Labute approximate surface area is 149 Å². The molecule has 3 N–H and O–H groups in total. The Hall–Kier alpha value is -2.05. The Morgan fingerprint density at radius 2 is 1.88 bits per heavy atom. The summed E-state index contributed by atoms with van der Waals surface area (Å²) in [5.74, 6) is -0.175. The van der Waals surface area contributed by atoms with E-state index in [0.29, 0.717) is 30.2 Å². The van der Waals surface area contributed by atoms with Crippen molar-refractivity contribution in [2.24, 2.45) is 0 Å². The third-order valence-corrected chi connectivity index (χ3v) is 4.60. The highest BCUT2D eigenvalue weighted by Crippen LogP contribution is 2.30. The molecule has 126 valence electrons. The Morgan fingerprint density at radius 3 is 2.54 bits per heavy atom. The van der Waals surface area contributed by atoms with Crippen LogP contribution >= 0.6 is 15.9 Å². The van der Waals surface area contributed by atoms with Crippen LogP contribution in [0.1, 0.15) is 15.9 Å². The fourth-order valence-corrected chi connectivity index (χ4v) is 3.03. The van der Waals surface area contributed by atoms with Crippen molar-refractivity contribution in [3.05, 3.63) is 52.0 Å². The van der Waals surface area contributed by atoms with Crippen molar-refractivity contribution < 1.29 is 9.53 Å². The van der Waals surface area contributed by atoms with E-state index in [1.807, 2.05) is 31.2 Å². The smallest absolute Gasteiger partial charge is 0.255 e. The number of nitrogens with zero attached hydrogens (tertiary/aromatic N) is 1. The number of benzene rings is 2. The number of amides is 1. The average molecular weight is 390 g/mol. The molecule has 3 rings (SSSR count). The van der Waals surface area contributed by atoms with Crippen molar-refractivity contribution in [1.29, 1.82) is 0 Å². The predicted molar refractivity (Wildman–Crippen MR) is 101 cm³/mol. The molecule has 0 aliphatic carbocycles. The summed E-state index contributed by atoms with van der Waals surface area (Å²) in [4.78, 5) is 14.7. The quantitative estimate of drug-likeness (QED) is 0.789. The van der Waals surface area contributed by atoms with Crippen LogP contribution < -0.4 is 16.0 Å². The summed E-state index contributed by atoms with van der Waals surface area (Å²) in [6.45, 7) is 5.13. The molecule has 0 atom stereocenters. The molecule has 2 aromatic carbocycles. The minimum absolute atomic E-state index is 0.175. The lowest BCUT2D eigenvalue weighted by Gasteiger charge is -2.30. The van der Waals surface area contributed by atoms with Gasteiger partial charge in [0.15, 0.2) is 0 Å². The molecule has 0 radical (unpaired) electrons. The number of hydrogen-bond donors (Lipinski definition) is 2. The van der Waals surface area contributed by atoms with Gasteiger partial charge in [0.2, 0.25) is 0 Å². The molecule has 24 heavy (non-hydrogen) atoms. The van der Waals surface area contributed by atoms with Gasteiger partial charge in [0.25, 0.3) is 5.91 Å². The van der Waals surface area contributed by atoms with Gasteiger partial charge in [-0.1, -0.05) is 15.9 Å². The summed E-state index contributed by atoms with van der Waals surface area (Å²) in [6.07, 6.45) is 0. The summed E-state index contributed by atoms with van der Waals surface area (Å²) in [5, 5.41) is 2.92. The molecular weight excluding hydrogens is 370 g/mol. The fraction of sp³-hybridized carbons (Fsp3) is 0.278. The molecule has 5 nitrogen and oxygen atoms in total. The fourth-order valence-electron chi connectivity index (χ4n) is 2.77. The van der Waals surface area contributed by atoms with Gasteiger partial charge >= 0.3 is 0 Å². The van der Waals surface area contributed by atoms with Crippen molar-refractivity contribution >= 4 is 38.9 Å². The molecule has 1 aliphatic heterocycles. The van der Waals surface area contributed by atoms with Crippen LogP contribution in [0.2, 0.25) is 0 Å². The molecular formula is C18H20BrN3O2. The number of nitrogens with two attached hydrogens (primary N) is 1. The Kier molecular flexibility index (Phi) is 5.06. The number of carbonyl (C=O) groups is 1. The zero-order valence-electron chi connectivity index (χ0n) is 13.5. The Bertz CT molecular complexity index is 741. The van der Waals surface area contributed by atoms with E-state index in [1.165, 1.54) is 0 Å². The van der Waals surface area contributed by atoms with Gasteiger partial charge in [-0.2, -0.15) is 0 Å². The number of nitrogens with one attached hydrogen (secondary N) is 1. The third kappa shape index (κ3) is 3.71. The number of hydrogen-bond acceptors (Lipinski definition) is 4. The van der Waals surface area contributed by atoms with Crippen LogP contribution in [0.4, 0.5) is 17.1 Å². The van der Waals surface area contributed by atoms with E-state index < -0.39 is 0 Å². The minimum atomic E-state index is -0.175. The van der Waals surface area contributed by atoms with E-state index in [9.17, 15) is 4.79 Å². The maximum Gasteiger partial charge on any atom is 0.255 e. The topological polar surface area (TPSA) is 67.6 Å². The largest absolute Gasteiger partial charge is 0.397 e. The second kappa shape index (κ2) is 7.23. The van der Waals surface area contributed by atoms with Gasteiger partial charge < -0.3 is 20.7 Å². The second-order valence-corrected chi connectivity index (χ2v) is 6.70. The highest BCUT2D eigenvalue weighted by molar-refractivity contribution is 9.10. The number of morpholine rings is 1. The van der Waals surface area contributed by atoms with E-state index in [2.05, 4.69) is 26.1 Å². The van der Waals surface area contributed by atoms with Crippen LogP contribution in [-0.2, 0) is 4.74 Å². The van der Waals surface area contributed by atoms with Crippen LogP contribution in [0.5, 0.6) is 0 Å². The third-order valence-electron chi connectivity index (χ3n) is 4.07. The molecule has 0 aromatic heterocycles. The number of carbonyl (C=O) groups excluding carboxylic acids is 1. The van der Waals surface area contributed by atoms with Gasteiger partial charge in [-0.3, -0.25) is 4.79 Å². The van der Waals surface area contributed by atoms with Crippen molar-refractivity contribution in [2.75, 3.05) is 42.3 Å². The first-order valence-electron chi connectivity index (χ1n) is 7.84. The lowest BCUT2D eigenvalue weighted by atomic mass is 10.1. The van der Waals surface area contributed by atoms with Crippen molar-refractivity contribution in [2.45, 2.75) is 6.92 Å². The van der Waals surface area contributed by atoms with Gasteiger partial charge in [-0.15, -0.1) is 0 Å². The highest BCUT2D eigenvalue weighted by atomic mass is 79.9. The van der Waals surface area contributed by atoms with Crippen LogP contribution in [-0.4, -0.2) is 32.2 Å². The first kappa shape index (κ1) is 16.8. The van der Waals surface area contributed by atoms with Crippen LogP contribution in [0.3, 0.4) is 0 Å². The summed E-state index contributed by atoms with van der Waals surface area (Å²) >= 11 is 3.37. The maximum absolute atomic E-state index is 12.4. The minimum Gasteiger partial charge on any atom is -0.397 e. The van der Waals surface area contributed by atoms with E-state index in [-0.39, 0.29) is 5.91 Å². The zero-order chi connectivity index (χ0) is 17.1. The van der Waals surface area contributed by atoms with E-state index in [0.717, 1.165) is 28.8 Å². The van der Waals surface area contributed by atoms with Crippen molar-refractivity contribution in [3.63, 3.8) is 0 Å². The number of nitrogen functional groups attached to an aromatic ring is 1. The van der Waals surface area contributed by atoms with Gasteiger partial charge in [0.1, 0.15) is 0 Å². The molecule has 1 saturated heterocycles. The molecule has 1 heterocycles. The number of aryl methyl sites for hydroxylation is 1. The normalized spacial score (nSPS) is 14.5. The summed E-state index contributed by atoms with van der Waals surface area (Å²) in [7, 11) is 0. The first-order valence-corrected chi connectivity index (χ1v) is 8.63. The number of anilines is 3. The van der Waals surface area contributed by atoms with Gasteiger partial charge in [0, 0.05) is 28.8 Å². The number of halogens is 1. The molecule has 1 amide bonds. The number of rotatable bonds is 3. The highest BCUT2D eigenvalue weighted by Gasteiger charge is 2.16. The predicted octanol–water partition coefficient (Wildman–Crippen LogP) is 3.43. The molecule has 6 heteroatoms. The standard InChI is InChI=1S/C18H20BrN3O2/c1-12-10-15(20)16(11-17(12)22-6-8-24-9-7-22)21-18(23)13-2-4-14(19)5-3-13/h2-5,10-11H,6-9,20H2,1H3,(H,21,23). The Balaban J connectivity index is 1.84. The van der Waals surface area contributed by atoms with E-state index in [4.69, 9.17) is 10.5 Å². The van der Waals surface area contributed by atoms with E-state index >= 15 is 0 Å².